The average Bonchev–Trinajstić information content (AvgIpc) is 2.65. The molecule has 27 heavy (non-hydrogen) atoms. The summed E-state index contributed by atoms with van der Waals surface area (Å²) in [4.78, 5) is 23.7. The number of carbonyl (C=O) groups excluding carboxylic acids is 2. The molecule has 0 aromatic heterocycles. The van der Waals surface area contributed by atoms with Crippen LogP contribution < -0.4 is 21.1 Å². The van der Waals surface area contributed by atoms with Crippen molar-refractivity contribution in [3.8, 4) is 5.75 Å². The lowest BCUT2D eigenvalue weighted by molar-refractivity contribution is -0.125. The molecule has 0 unspecified atom stereocenters. The molecule has 0 aliphatic heterocycles. The van der Waals surface area contributed by atoms with E-state index >= 15 is 0 Å². The molecule has 152 valence electrons. The van der Waals surface area contributed by atoms with Crippen molar-refractivity contribution in [2.75, 3.05) is 18.5 Å². The van der Waals surface area contributed by atoms with Crippen molar-refractivity contribution in [1.82, 2.24) is 5.32 Å². The summed E-state index contributed by atoms with van der Waals surface area (Å²) < 4.78 is 5.85. The smallest absolute Gasteiger partial charge is 0.243 e. The van der Waals surface area contributed by atoms with Gasteiger partial charge in [-0.2, -0.15) is 0 Å². The van der Waals surface area contributed by atoms with Crippen LogP contribution in [0.5, 0.6) is 5.75 Å². The average molecular weight is 398 g/mol. The van der Waals surface area contributed by atoms with Gasteiger partial charge in [0, 0.05) is 5.69 Å². The molecule has 0 saturated heterocycles. The molecular formula is C20H32ClN3O3. The fraction of sp³-hybridized carbons (Fsp3) is 0.600. The zero-order valence-corrected chi connectivity index (χ0v) is 17.0. The van der Waals surface area contributed by atoms with Gasteiger partial charge in [0.2, 0.25) is 11.8 Å². The molecule has 1 aromatic rings. The third-order valence-corrected chi connectivity index (χ3v) is 4.79. The van der Waals surface area contributed by atoms with Gasteiger partial charge in [0.15, 0.2) is 0 Å². The van der Waals surface area contributed by atoms with Crippen molar-refractivity contribution in [3.63, 3.8) is 0 Å². The van der Waals surface area contributed by atoms with E-state index in [1.807, 2.05) is 26.0 Å². The maximum atomic E-state index is 11.9. The molecule has 1 saturated carbocycles. The van der Waals surface area contributed by atoms with E-state index in [1.165, 1.54) is 32.1 Å². The fourth-order valence-electron chi connectivity index (χ4n) is 3.00. The van der Waals surface area contributed by atoms with Crippen LogP contribution in [0.3, 0.4) is 0 Å². The number of benzene rings is 1. The zero-order valence-electron chi connectivity index (χ0n) is 16.2. The highest BCUT2D eigenvalue weighted by Gasteiger charge is 2.17. The van der Waals surface area contributed by atoms with Gasteiger partial charge in [0.1, 0.15) is 5.75 Å². The Morgan fingerprint density at radius 3 is 2.37 bits per heavy atom. The molecule has 1 aliphatic carbocycles. The van der Waals surface area contributed by atoms with Crippen LogP contribution in [-0.2, 0) is 9.59 Å². The van der Waals surface area contributed by atoms with Gasteiger partial charge >= 0.3 is 0 Å². The van der Waals surface area contributed by atoms with Crippen molar-refractivity contribution < 1.29 is 14.3 Å². The van der Waals surface area contributed by atoms with E-state index in [1.54, 1.807) is 12.1 Å². The highest BCUT2D eigenvalue weighted by Crippen LogP contribution is 2.25. The Bertz CT molecular complexity index is 587. The number of nitrogens with one attached hydrogen (secondary N) is 2. The first-order valence-corrected chi connectivity index (χ1v) is 9.51. The largest absolute Gasteiger partial charge is 0.493 e. The Morgan fingerprint density at radius 2 is 1.78 bits per heavy atom. The highest BCUT2D eigenvalue weighted by molar-refractivity contribution is 5.95. The molecule has 1 aromatic carbocycles. The highest BCUT2D eigenvalue weighted by atomic mass is 35.5. The molecule has 4 N–H and O–H groups in total. The Labute approximate surface area is 168 Å². The minimum atomic E-state index is -0.608. The van der Waals surface area contributed by atoms with Gasteiger partial charge in [-0.25, -0.2) is 0 Å². The van der Waals surface area contributed by atoms with Crippen molar-refractivity contribution in [2.24, 2.45) is 17.6 Å². The standard InChI is InChI=1S/C20H31N3O3.ClH/c1-14(2)19(21)20(25)22-12-18(24)23-16-8-10-17(11-9-16)26-13-15-6-4-3-5-7-15;/h8-11,14-15,19H,3-7,12-13,21H2,1-2H3,(H,22,25)(H,23,24);1H/t19-;/m0./s1. The zero-order chi connectivity index (χ0) is 18.9. The Morgan fingerprint density at radius 1 is 1.15 bits per heavy atom. The fourth-order valence-corrected chi connectivity index (χ4v) is 3.00. The van der Waals surface area contributed by atoms with E-state index in [4.69, 9.17) is 10.5 Å². The third-order valence-electron chi connectivity index (χ3n) is 4.79. The summed E-state index contributed by atoms with van der Waals surface area (Å²) in [5.74, 6) is 0.889. The van der Waals surface area contributed by atoms with Crippen LogP contribution in [0.4, 0.5) is 5.69 Å². The molecule has 0 bridgehead atoms. The van der Waals surface area contributed by atoms with Gasteiger partial charge in [-0.1, -0.05) is 33.1 Å². The Kier molecular flexibility index (Phi) is 10.2. The van der Waals surface area contributed by atoms with Gasteiger partial charge in [0.25, 0.3) is 0 Å². The molecule has 1 fully saturated rings. The second-order valence-electron chi connectivity index (χ2n) is 7.38. The van der Waals surface area contributed by atoms with Crippen molar-refractivity contribution in [3.05, 3.63) is 24.3 Å². The predicted octanol–water partition coefficient (Wildman–Crippen LogP) is 3.11. The molecule has 0 radical (unpaired) electrons. The molecule has 1 atom stereocenters. The summed E-state index contributed by atoms with van der Waals surface area (Å²) in [6.07, 6.45) is 6.45. The number of halogens is 1. The summed E-state index contributed by atoms with van der Waals surface area (Å²) in [7, 11) is 0. The Balaban J connectivity index is 0.00000364. The lowest BCUT2D eigenvalue weighted by atomic mass is 9.90. The molecule has 2 amide bonds. The topological polar surface area (TPSA) is 93.5 Å². The van der Waals surface area contributed by atoms with E-state index in [9.17, 15) is 9.59 Å². The normalized spacial score (nSPS) is 15.6. The summed E-state index contributed by atoms with van der Waals surface area (Å²) in [6, 6.07) is 6.70. The quantitative estimate of drug-likeness (QED) is 0.628. The van der Waals surface area contributed by atoms with Gasteiger partial charge in [0.05, 0.1) is 19.2 Å². The third kappa shape index (κ3) is 8.18. The monoisotopic (exact) mass is 397 g/mol. The van der Waals surface area contributed by atoms with Crippen LogP contribution in [-0.4, -0.2) is 31.0 Å². The summed E-state index contributed by atoms with van der Waals surface area (Å²) in [6.45, 7) is 4.39. The molecule has 2 rings (SSSR count). The second kappa shape index (κ2) is 11.8. The number of amides is 2. The van der Waals surface area contributed by atoms with Crippen LogP contribution in [0.1, 0.15) is 46.0 Å². The number of ether oxygens (including phenoxy) is 1. The first kappa shape index (κ1) is 23.2. The van der Waals surface area contributed by atoms with Gasteiger partial charge < -0.3 is 21.1 Å². The number of rotatable bonds is 8. The number of hydrogen-bond donors (Lipinski definition) is 3. The molecular weight excluding hydrogens is 366 g/mol. The second-order valence-corrected chi connectivity index (χ2v) is 7.38. The lowest BCUT2D eigenvalue weighted by Crippen LogP contribution is -2.46. The summed E-state index contributed by atoms with van der Waals surface area (Å²) >= 11 is 0. The maximum Gasteiger partial charge on any atom is 0.243 e. The van der Waals surface area contributed by atoms with Gasteiger partial charge in [-0.15, -0.1) is 12.4 Å². The van der Waals surface area contributed by atoms with E-state index in [0.29, 0.717) is 11.6 Å². The van der Waals surface area contributed by atoms with Crippen LogP contribution in [0.15, 0.2) is 24.3 Å². The molecule has 1 aliphatic rings. The number of nitrogens with two attached hydrogens (primary N) is 1. The van der Waals surface area contributed by atoms with Crippen LogP contribution in [0.25, 0.3) is 0 Å². The van der Waals surface area contributed by atoms with Crippen molar-refractivity contribution in [1.29, 1.82) is 0 Å². The number of hydrogen-bond acceptors (Lipinski definition) is 4. The van der Waals surface area contributed by atoms with Gasteiger partial charge in [-0.3, -0.25) is 9.59 Å². The first-order valence-electron chi connectivity index (χ1n) is 9.51. The molecule has 0 spiro atoms. The first-order chi connectivity index (χ1) is 12.5. The predicted molar refractivity (Wildman–Crippen MR) is 110 cm³/mol. The van der Waals surface area contributed by atoms with Crippen LogP contribution in [0.2, 0.25) is 0 Å². The Hall–Kier alpha value is -1.79. The van der Waals surface area contributed by atoms with E-state index in [-0.39, 0.29) is 36.7 Å². The minimum absolute atomic E-state index is 0. The molecule has 7 heteroatoms. The van der Waals surface area contributed by atoms with Crippen LogP contribution >= 0.6 is 12.4 Å². The summed E-state index contributed by atoms with van der Waals surface area (Å²) in [5, 5.41) is 5.30. The van der Waals surface area contributed by atoms with Gasteiger partial charge in [-0.05, 0) is 48.9 Å². The van der Waals surface area contributed by atoms with E-state index < -0.39 is 6.04 Å². The molecule has 6 nitrogen and oxygen atoms in total. The van der Waals surface area contributed by atoms with Crippen molar-refractivity contribution in [2.45, 2.75) is 52.0 Å². The SMILES string of the molecule is CC(C)[C@H](N)C(=O)NCC(=O)Nc1ccc(OCC2CCCCC2)cc1.Cl. The number of anilines is 1. The van der Waals surface area contributed by atoms with E-state index in [2.05, 4.69) is 10.6 Å². The van der Waals surface area contributed by atoms with E-state index in [0.717, 1.165) is 12.4 Å². The maximum absolute atomic E-state index is 11.9. The molecule has 0 heterocycles. The van der Waals surface area contributed by atoms with Crippen molar-refractivity contribution >= 4 is 29.9 Å². The summed E-state index contributed by atoms with van der Waals surface area (Å²) in [5.41, 5.74) is 6.41. The lowest BCUT2D eigenvalue weighted by Gasteiger charge is -2.21. The minimum Gasteiger partial charge on any atom is -0.493 e. The van der Waals surface area contributed by atoms with Crippen LogP contribution in [0, 0.1) is 11.8 Å². The number of carbonyl (C=O) groups is 2.